The van der Waals surface area contributed by atoms with E-state index in [0.29, 0.717) is 36.4 Å². The van der Waals surface area contributed by atoms with Gasteiger partial charge in [0.25, 0.3) is 0 Å². The molecule has 0 aliphatic rings. The molecule has 2 aromatic carbocycles. The lowest BCUT2D eigenvalue weighted by atomic mass is 10.3. The number of hydrogen-bond donors (Lipinski definition) is 0. The summed E-state index contributed by atoms with van der Waals surface area (Å²) in [6, 6.07) is 12.3. The van der Waals surface area contributed by atoms with E-state index in [1.807, 2.05) is 64.0 Å². The summed E-state index contributed by atoms with van der Waals surface area (Å²) in [6.45, 7) is 6.62. The zero-order valence-corrected chi connectivity index (χ0v) is 18.1. The highest BCUT2D eigenvalue weighted by atomic mass is 28.4. The van der Waals surface area contributed by atoms with E-state index in [1.54, 1.807) is 12.1 Å². The fraction of sp³-hybridized carbons (Fsp3) is 0.400. The molecule has 0 aromatic heterocycles. The first-order valence-electron chi connectivity index (χ1n) is 9.36. The van der Waals surface area contributed by atoms with Crippen molar-refractivity contribution < 1.29 is 17.7 Å². The van der Waals surface area contributed by atoms with Gasteiger partial charge in [0.05, 0.1) is 16.6 Å². The number of benzene rings is 2. The summed E-state index contributed by atoms with van der Waals surface area (Å²) in [7, 11) is 0.643. The Bertz CT molecular complexity index is 768. The quantitative estimate of drug-likeness (QED) is 0.429. The molecule has 0 saturated carbocycles. The van der Waals surface area contributed by atoms with Crippen LogP contribution in [0.1, 0.15) is 20.8 Å². The zero-order chi connectivity index (χ0) is 20.6. The molecule has 28 heavy (non-hydrogen) atoms. The maximum atomic E-state index is 14.9. The number of rotatable bonds is 10. The van der Waals surface area contributed by atoms with Gasteiger partial charge in [-0.3, -0.25) is 0 Å². The standard InChI is InChI=1S/C20H28FN3O3Si/c1-6-25-28(26-7-2,27-8-3)20-14-11-17(15-19(20)21)23-22-16-9-12-18(13-10-16)24(4)5/h9-15H,6-8H2,1-5H3/b23-22+. The second-order valence-electron chi connectivity index (χ2n) is 6.13. The third-order valence-electron chi connectivity index (χ3n) is 3.93. The molecule has 0 N–H and O–H groups in total. The molecule has 0 spiro atoms. The Kier molecular flexibility index (Phi) is 8.25. The molecule has 0 unspecified atom stereocenters. The molecule has 2 aromatic rings. The number of nitrogens with zero attached hydrogens (tertiary/aromatic N) is 3. The Labute approximate surface area is 167 Å². The van der Waals surface area contributed by atoms with Crippen molar-refractivity contribution >= 4 is 31.1 Å². The molecule has 152 valence electrons. The van der Waals surface area contributed by atoms with Crippen LogP contribution in [0.15, 0.2) is 52.7 Å². The van der Waals surface area contributed by atoms with Gasteiger partial charge >= 0.3 is 8.80 Å². The van der Waals surface area contributed by atoms with Crippen LogP contribution in [0.3, 0.4) is 0 Å². The molecular formula is C20H28FN3O3Si. The summed E-state index contributed by atoms with van der Waals surface area (Å²) in [5.41, 5.74) is 2.17. The van der Waals surface area contributed by atoms with Crippen molar-refractivity contribution in [2.45, 2.75) is 20.8 Å². The molecule has 0 bridgehead atoms. The lowest BCUT2D eigenvalue weighted by Crippen LogP contribution is -2.58. The van der Waals surface area contributed by atoms with Crippen molar-refractivity contribution in [3.8, 4) is 0 Å². The maximum Gasteiger partial charge on any atom is 0.540 e. The monoisotopic (exact) mass is 405 g/mol. The van der Waals surface area contributed by atoms with Crippen molar-refractivity contribution in [3.05, 3.63) is 48.3 Å². The molecular weight excluding hydrogens is 377 g/mol. The molecule has 8 heteroatoms. The molecule has 2 rings (SSSR count). The first-order valence-corrected chi connectivity index (χ1v) is 11.1. The molecule has 0 aliphatic heterocycles. The van der Waals surface area contributed by atoms with Crippen LogP contribution in [-0.4, -0.2) is 42.7 Å². The average Bonchev–Trinajstić information content (AvgIpc) is 2.67. The van der Waals surface area contributed by atoms with Crippen molar-refractivity contribution in [2.75, 3.05) is 38.8 Å². The van der Waals surface area contributed by atoms with Gasteiger partial charge in [0, 0.05) is 45.7 Å². The van der Waals surface area contributed by atoms with Gasteiger partial charge in [-0.25, -0.2) is 4.39 Å². The smallest absolute Gasteiger partial charge is 0.378 e. The summed E-state index contributed by atoms with van der Waals surface area (Å²) >= 11 is 0. The highest BCUT2D eigenvalue weighted by Crippen LogP contribution is 2.22. The van der Waals surface area contributed by atoms with Gasteiger partial charge in [0.15, 0.2) is 0 Å². The Morgan fingerprint density at radius 2 is 1.32 bits per heavy atom. The largest absolute Gasteiger partial charge is 0.540 e. The number of azo groups is 1. The van der Waals surface area contributed by atoms with E-state index < -0.39 is 14.6 Å². The fourth-order valence-electron chi connectivity index (χ4n) is 2.68. The first-order chi connectivity index (χ1) is 13.5. The van der Waals surface area contributed by atoms with Crippen molar-refractivity contribution in [3.63, 3.8) is 0 Å². The average molecular weight is 406 g/mol. The number of hydrogen-bond acceptors (Lipinski definition) is 6. The van der Waals surface area contributed by atoms with Gasteiger partial charge in [-0.1, -0.05) is 6.07 Å². The van der Waals surface area contributed by atoms with Crippen LogP contribution in [0.25, 0.3) is 0 Å². The Balaban J connectivity index is 2.26. The van der Waals surface area contributed by atoms with Crippen molar-refractivity contribution in [1.29, 1.82) is 0 Å². The third kappa shape index (κ3) is 5.45. The maximum absolute atomic E-state index is 14.9. The van der Waals surface area contributed by atoms with Crippen LogP contribution in [0, 0.1) is 5.82 Å². The second kappa shape index (κ2) is 10.4. The van der Waals surface area contributed by atoms with Crippen LogP contribution < -0.4 is 10.1 Å². The fourth-order valence-corrected chi connectivity index (χ4v) is 5.18. The van der Waals surface area contributed by atoms with E-state index >= 15 is 0 Å². The lowest BCUT2D eigenvalue weighted by molar-refractivity contribution is 0.0852. The number of anilines is 1. The predicted octanol–water partition coefficient (Wildman–Crippen LogP) is 4.56. The van der Waals surface area contributed by atoms with Gasteiger partial charge in [-0.2, -0.15) is 10.2 Å². The first kappa shape index (κ1) is 22.2. The third-order valence-corrected chi connectivity index (χ3v) is 7.00. The summed E-state index contributed by atoms with van der Waals surface area (Å²) in [4.78, 5) is 2.00. The molecule has 0 amide bonds. The highest BCUT2D eigenvalue weighted by molar-refractivity contribution is 6.75. The minimum Gasteiger partial charge on any atom is -0.378 e. The van der Waals surface area contributed by atoms with Gasteiger partial charge < -0.3 is 18.2 Å². The summed E-state index contributed by atoms with van der Waals surface area (Å²) in [5, 5.41) is 8.63. The van der Waals surface area contributed by atoms with E-state index in [9.17, 15) is 4.39 Å². The van der Waals surface area contributed by atoms with E-state index in [4.69, 9.17) is 13.3 Å². The Morgan fingerprint density at radius 1 is 0.821 bits per heavy atom. The summed E-state index contributed by atoms with van der Waals surface area (Å²) in [5.74, 6) is -0.471. The molecule has 0 saturated heterocycles. The van der Waals surface area contributed by atoms with E-state index in [-0.39, 0.29) is 0 Å². The summed E-state index contributed by atoms with van der Waals surface area (Å²) < 4.78 is 32.2. The lowest BCUT2D eigenvalue weighted by Gasteiger charge is -2.28. The Hall–Kier alpha value is -2.13. The van der Waals surface area contributed by atoms with Crippen LogP contribution in [0.5, 0.6) is 0 Å². The van der Waals surface area contributed by atoms with Gasteiger partial charge in [0.2, 0.25) is 0 Å². The molecule has 0 heterocycles. The van der Waals surface area contributed by atoms with Crippen molar-refractivity contribution in [1.82, 2.24) is 0 Å². The minimum absolute atomic E-state index is 0.312. The van der Waals surface area contributed by atoms with Crippen LogP contribution in [-0.2, 0) is 13.3 Å². The van der Waals surface area contributed by atoms with Gasteiger partial charge in [-0.15, -0.1) is 0 Å². The molecule has 0 fully saturated rings. The molecule has 6 nitrogen and oxygen atoms in total. The number of halogens is 1. The van der Waals surface area contributed by atoms with Crippen LogP contribution in [0.4, 0.5) is 21.5 Å². The van der Waals surface area contributed by atoms with Crippen LogP contribution >= 0.6 is 0 Å². The second-order valence-corrected chi connectivity index (χ2v) is 8.65. The predicted molar refractivity (Wildman–Crippen MR) is 112 cm³/mol. The molecule has 0 atom stereocenters. The zero-order valence-electron chi connectivity index (χ0n) is 17.1. The minimum atomic E-state index is -3.30. The van der Waals surface area contributed by atoms with E-state index in [0.717, 1.165) is 5.69 Å². The Morgan fingerprint density at radius 3 is 1.79 bits per heavy atom. The van der Waals surface area contributed by atoms with Gasteiger partial charge in [0.1, 0.15) is 5.82 Å². The molecule has 0 radical (unpaired) electrons. The van der Waals surface area contributed by atoms with E-state index in [2.05, 4.69) is 10.2 Å². The normalized spacial score (nSPS) is 11.9. The van der Waals surface area contributed by atoms with Crippen LogP contribution in [0.2, 0.25) is 0 Å². The van der Waals surface area contributed by atoms with E-state index in [1.165, 1.54) is 6.07 Å². The topological polar surface area (TPSA) is 55.6 Å². The summed E-state index contributed by atoms with van der Waals surface area (Å²) in [6.07, 6.45) is 0. The SMILES string of the molecule is CCO[Si](OCC)(OCC)c1ccc(/N=N/c2ccc(N(C)C)cc2)cc1F. The van der Waals surface area contributed by atoms with Gasteiger partial charge in [-0.05, 0) is 51.1 Å². The van der Waals surface area contributed by atoms with Crippen molar-refractivity contribution in [2.24, 2.45) is 10.2 Å². The highest BCUT2D eigenvalue weighted by Gasteiger charge is 2.45. The molecule has 0 aliphatic carbocycles.